The Morgan fingerprint density at radius 1 is 1.00 bits per heavy atom. The number of hydrogen-bond acceptors (Lipinski definition) is 1. The van der Waals surface area contributed by atoms with Crippen LogP contribution in [0.4, 0.5) is 0 Å². The molecule has 3 heteroatoms. The fourth-order valence-electron chi connectivity index (χ4n) is 1.38. The van der Waals surface area contributed by atoms with E-state index in [1.165, 1.54) is 20.4 Å². The van der Waals surface area contributed by atoms with E-state index < -0.39 is 0 Å². The summed E-state index contributed by atoms with van der Waals surface area (Å²) in [7, 11) is 5.63. The summed E-state index contributed by atoms with van der Waals surface area (Å²) in [5.74, 6) is 2.93. The van der Waals surface area contributed by atoms with E-state index in [2.05, 4.69) is 39.0 Å². The van der Waals surface area contributed by atoms with Crippen molar-refractivity contribution in [2.75, 3.05) is 20.6 Å². The van der Waals surface area contributed by atoms with E-state index in [9.17, 15) is 0 Å². The summed E-state index contributed by atoms with van der Waals surface area (Å²) in [6.45, 7) is 5.50. The molecule has 0 atom stereocenters. The summed E-state index contributed by atoms with van der Waals surface area (Å²) in [5.41, 5.74) is 1.55. The summed E-state index contributed by atoms with van der Waals surface area (Å²) in [5, 5.41) is 0. The first kappa shape index (κ1) is 17.9. The van der Waals surface area contributed by atoms with Gasteiger partial charge in [-0.25, -0.2) is 0 Å². The normalized spacial score (nSPS) is 23.8. The second-order valence-electron chi connectivity index (χ2n) is 4.21. The average molecular weight is 289 g/mol. The molecule has 0 amide bonds. The molecule has 0 unspecified atom stereocenters. The third-order valence-corrected chi connectivity index (χ3v) is 3.76. The molecule has 0 spiro atoms. The van der Waals surface area contributed by atoms with Crippen molar-refractivity contribution in [3.63, 3.8) is 0 Å². The van der Waals surface area contributed by atoms with Crippen molar-refractivity contribution >= 4 is 8.58 Å². The van der Waals surface area contributed by atoms with Gasteiger partial charge in [0.05, 0.1) is 0 Å². The maximum atomic E-state index is 2.29. The van der Waals surface area contributed by atoms with Crippen molar-refractivity contribution in [2.45, 2.75) is 13.8 Å². The van der Waals surface area contributed by atoms with Crippen molar-refractivity contribution in [3.8, 4) is 0 Å². The Bertz CT molecular complexity index is 175. The largest absolute Gasteiger partial charge is 0.308 e. The van der Waals surface area contributed by atoms with Gasteiger partial charge in [0.2, 0.25) is 0 Å². The zero-order chi connectivity index (χ0) is 12.0. The third-order valence-electron chi connectivity index (χ3n) is 2.46. The molecule has 10 radical (unpaired) electrons. The molecule has 94 valence electrons. The molecule has 0 aromatic heterocycles. The Hall–Kier alpha value is 0.909. The van der Waals surface area contributed by atoms with Crippen LogP contribution in [0.5, 0.6) is 0 Å². The van der Waals surface area contributed by atoms with E-state index in [1.807, 2.05) is 32.1 Å². The zero-order valence-electron chi connectivity index (χ0n) is 10.9. The van der Waals surface area contributed by atoms with Gasteiger partial charge in [0.15, 0.2) is 0 Å². The molecule has 0 aromatic rings. The molecular weight excluding hydrogens is 269 g/mol. The Morgan fingerprint density at radius 2 is 1.47 bits per heavy atom. The van der Waals surface area contributed by atoms with E-state index in [1.54, 1.807) is 5.66 Å². The molecule has 2 rings (SSSR count). The van der Waals surface area contributed by atoms with Crippen molar-refractivity contribution in [2.24, 2.45) is 0 Å². The van der Waals surface area contributed by atoms with Gasteiger partial charge < -0.3 is 4.90 Å². The maximum absolute atomic E-state index is 2.29. The van der Waals surface area contributed by atoms with Gasteiger partial charge in [-0.1, -0.05) is 22.4 Å². The monoisotopic (exact) mass is 289 g/mol. The van der Waals surface area contributed by atoms with E-state index in [0.717, 1.165) is 6.54 Å². The Labute approximate surface area is 121 Å². The number of hydrogen-bond donors (Lipinski definition) is 0. The second kappa shape index (κ2) is 9.79. The van der Waals surface area contributed by atoms with Crippen LogP contribution in [0, 0.1) is 55.8 Å². The Balaban J connectivity index is 0.000000360. The minimum Gasteiger partial charge on any atom is -0.308 e. The van der Waals surface area contributed by atoms with Crippen LogP contribution in [-0.2, 0) is 17.1 Å². The molecule has 2 fully saturated rings. The van der Waals surface area contributed by atoms with Gasteiger partial charge in [0, 0.05) is 29.3 Å². The maximum Gasteiger partial charge on any atom is 0.0256 e. The molecule has 1 saturated carbocycles. The first-order valence-electron chi connectivity index (χ1n) is 5.50. The average Bonchev–Trinajstić information content (AvgIpc) is 2.87. The van der Waals surface area contributed by atoms with Gasteiger partial charge in [-0.05, 0) is 64.2 Å². The molecule has 2 aliphatic rings. The summed E-state index contributed by atoms with van der Waals surface area (Å²) in [6, 6.07) is 0. The first-order chi connectivity index (χ1) is 7.61. The first-order valence-corrected chi connectivity index (χ1v) is 6.46. The zero-order valence-corrected chi connectivity index (χ0v) is 12.9. The molecular formula is C14H20FeNP. The Kier molecular flexibility index (Phi) is 10.3. The van der Waals surface area contributed by atoms with Crippen molar-refractivity contribution < 1.29 is 17.1 Å². The second-order valence-corrected chi connectivity index (χ2v) is 5.27. The molecule has 0 N–H and O–H groups in total. The fraction of sp³-hybridized carbons (Fsp3) is 0.357. The fourth-order valence-corrected chi connectivity index (χ4v) is 2.65. The molecule has 1 saturated heterocycles. The quantitative estimate of drug-likeness (QED) is 0.556. The molecule has 1 aliphatic heterocycles. The van der Waals surface area contributed by atoms with Crippen LogP contribution < -0.4 is 0 Å². The molecule has 0 aromatic carbocycles. The van der Waals surface area contributed by atoms with Crippen LogP contribution in [0.3, 0.4) is 0 Å². The van der Waals surface area contributed by atoms with Crippen molar-refractivity contribution in [3.05, 3.63) is 55.8 Å². The summed E-state index contributed by atoms with van der Waals surface area (Å²) in [4.78, 5) is 2.22. The van der Waals surface area contributed by atoms with Gasteiger partial charge >= 0.3 is 0 Å². The predicted molar refractivity (Wildman–Crippen MR) is 72.4 cm³/mol. The van der Waals surface area contributed by atoms with Crippen LogP contribution in [-0.4, -0.2) is 25.5 Å². The number of nitrogens with zero attached hydrogens (tertiary/aromatic N) is 1. The van der Waals surface area contributed by atoms with Crippen molar-refractivity contribution in [1.29, 1.82) is 0 Å². The van der Waals surface area contributed by atoms with Gasteiger partial charge in [-0.2, -0.15) is 0 Å². The molecule has 1 nitrogen and oxygen atoms in total. The topological polar surface area (TPSA) is 3.24 Å². The summed E-state index contributed by atoms with van der Waals surface area (Å²) >= 11 is 0. The smallest absolute Gasteiger partial charge is 0.0256 e. The van der Waals surface area contributed by atoms with Crippen LogP contribution in [0.2, 0.25) is 0 Å². The van der Waals surface area contributed by atoms with Crippen molar-refractivity contribution in [1.82, 2.24) is 4.90 Å². The summed E-state index contributed by atoms with van der Waals surface area (Å²) in [6.07, 6.45) is 12.3. The Morgan fingerprint density at radius 3 is 1.76 bits per heavy atom. The number of rotatable bonds is 2. The van der Waals surface area contributed by atoms with Gasteiger partial charge in [-0.3, -0.25) is 0 Å². The van der Waals surface area contributed by atoms with Crippen LogP contribution in [0.15, 0.2) is 0 Å². The minimum atomic E-state index is 0. The molecule has 1 aliphatic carbocycles. The summed E-state index contributed by atoms with van der Waals surface area (Å²) < 4.78 is 0. The van der Waals surface area contributed by atoms with Gasteiger partial charge in [0.1, 0.15) is 0 Å². The van der Waals surface area contributed by atoms with E-state index in [-0.39, 0.29) is 17.1 Å². The molecule has 0 bridgehead atoms. The van der Waals surface area contributed by atoms with E-state index in [4.69, 9.17) is 0 Å². The molecule has 17 heavy (non-hydrogen) atoms. The third kappa shape index (κ3) is 7.16. The minimum absolute atomic E-state index is 0. The van der Waals surface area contributed by atoms with Gasteiger partial charge in [-0.15, -0.1) is 0 Å². The SMILES string of the molecule is C[C]1[CH][P][C](CN(C)C)[C]1C.[CH]1[CH][CH][CH][CH]1.[Fe]. The van der Waals surface area contributed by atoms with Gasteiger partial charge in [0.25, 0.3) is 0 Å². The van der Waals surface area contributed by atoms with E-state index >= 15 is 0 Å². The van der Waals surface area contributed by atoms with Crippen LogP contribution in [0.1, 0.15) is 13.8 Å². The van der Waals surface area contributed by atoms with Crippen LogP contribution in [0.25, 0.3) is 0 Å². The molecule has 1 heterocycles. The van der Waals surface area contributed by atoms with E-state index in [0.29, 0.717) is 0 Å². The predicted octanol–water partition coefficient (Wildman–Crippen LogP) is 3.41. The standard InChI is InChI=1S/C9H15NP.C5H5.Fe/c1-7-6-11-9(8(7)2)5-10(3)4;1-2-4-5-3-1;/h6H,5H2,1-4H3;1-5H;. The van der Waals surface area contributed by atoms with Crippen LogP contribution >= 0.6 is 8.58 Å².